The van der Waals surface area contributed by atoms with Crippen molar-refractivity contribution in [2.24, 2.45) is 0 Å². The topological polar surface area (TPSA) is 67.6 Å². The van der Waals surface area contributed by atoms with Crippen LogP contribution in [0.2, 0.25) is 0 Å². The summed E-state index contributed by atoms with van der Waals surface area (Å²) in [6.07, 6.45) is 0. The molecule has 0 saturated heterocycles. The Kier molecular flexibility index (Phi) is 3.79. The molecule has 0 aliphatic rings. The van der Waals surface area contributed by atoms with Crippen molar-refractivity contribution in [1.82, 2.24) is 15.4 Å². The number of rotatable bonds is 0. The van der Waals surface area contributed by atoms with E-state index in [1.165, 1.54) is 0 Å². The lowest BCUT2D eigenvalue weighted by atomic mass is 10.3. The number of nitrogen functional groups attached to an aromatic ring is 1. The predicted molar refractivity (Wildman–Crippen MR) is 52.8 cm³/mol. The molecule has 1 aromatic carbocycles. The van der Waals surface area contributed by atoms with Crippen LogP contribution in [0.4, 0.5) is 5.69 Å². The highest BCUT2D eigenvalue weighted by atomic mass is 35.5. The Morgan fingerprint density at radius 2 is 2.00 bits per heavy atom. The third kappa shape index (κ3) is 1.78. The number of aromatic amines is 1. The molecule has 0 aliphatic heterocycles. The predicted octanol–water partition coefficient (Wildman–Crippen LogP) is 1.38. The van der Waals surface area contributed by atoms with Crippen LogP contribution in [0.3, 0.4) is 0 Å². The first kappa shape index (κ1) is 11.0. The van der Waals surface area contributed by atoms with Crippen molar-refractivity contribution in [3.05, 3.63) is 18.2 Å². The van der Waals surface area contributed by atoms with Crippen molar-refractivity contribution in [3.63, 3.8) is 0 Å². The maximum Gasteiger partial charge on any atom is 0.114 e. The van der Waals surface area contributed by atoms with Crippen LogP contribution in [0.25, 0.3) is 11.0 Å². The van der Waals surface area contributed by atoms with Crippen LogP contribution in [-0.4, -0.2) is 15.4 Å². The van der Waals surface area contributed by atoms with Crippen molar-refractivity contribution in [2.75, 3.05) is 5.73 Å². The van der Waals surface area contributed by atoms with E-state index < -0.39 is 0 Å². The number of nitrogens with one attached hydrogen (secondary N) is 1. The van der Waals surface area contributed by atoms with E-state index in [4.69, 9.17) is 5.73 Å². The van der Waals surface area contributed by atoms with E-state index in [0.717, 1.165) is 11.0 Å². The van der Waals surface area contributed by atoms with Gasteiger partial charge in [0, 0.05) is 5.69 Å². The largest absolute Gasteiger partial charge is 0.399 e. The molecule has 0 amide bonds. The lowest BCUT2D eigenvalue weighted by Crippen LogP contribution is -1.82. The van der Waals surface area contributed by atoms with Crippen LogP contribution in [-0.2, 0) is 0 Å². The van der Waals surface area contributed by atoms with Crippen LogP contribution in [0.5, 0.6) is 0 Å². The molecule has 1 aromatic heterocycles. The summed E-state index contributed by atoms with van der Waals surface area (Å²) in [4.78, 5) is 0. The van der Waals surface area contributed by atoms with Gasteiger partial charge < -0.3 is 5.73 Å². The summed E-state index contributed by atoms with van der Waals surface area (Å²) in [7, 11) is 0. The molecule has 0 fully saturated rings. The number of hydrogen-bond acceptors (Lipinski definition) is 3. The summed E-state index contributed by atoms with van der Waals surface area (Å²) in [6.45, 7) is 0. The molecule has 4 nitrogen and oxygen atoms in total. The zero-order valence-corrected chi connectivity index (χ0v) is 7.65. The van der Waals surface area contributed by atoms with Gasteiger partial charge in [-0.2, -0.15) is 0 Å². The van der Waals surface area contributed by atoms with Crippen molar-refractivity contribution in [1.29, 1.82) is 0 Å². The Morgan fingerprint density at radius 1 is 1.25 bits per heavy atom. The van der Waals surface area contributed by atoms with Crippen LogP contribution >= 0.6 is 24.8 Å². The van der Waals surface area contributed by atoms with Gasteiger partial charge >= 0.3 is 0 Å². The van der Waals surface area contributed by atoms with Gasteiger partial charge in [-0.05, 0) is 18.2 Å². The van der Waals surface area contributed by atoms with Crippen molar-refractivity contribution < 1.29 is 0 Å². The Morgan fingerprint density at radius 3 is 2.75 bits per heavy atom. The summed E-state index contributed by atoms with van der Waals surface area (Å²) in [5, 5.41) is 10.1. The van der Waals surface area contributed by atoms with Crippen LogP contribution < -0.4 is 5.73 Å². The number of aromatic nitrogens is 3. The second-order valence-corrected chi connectivity index (χ2v) is 2.09. The minimum Gasteiger partial charge on any atom is -0.399 e. The normalized spacial score (nSPS) is 8.67. The van der Waals surface area contributed by atoms with E-state index in [-0.39, 0.29) is 24.8 Å². The minimum absolute atomic E-state index is 0. The average molecular weight is 207 g/mol. The van der Waals surface area contributed by atoms with E-state index in [1.54, 1.807) is 6.07 Å². The molecule has 6 heteroatoms. The maximum atomic E-state index is 5.50. The maximum absolute atomic E-state index is 5.50. The number of nitrogens with two attached hydrogens (primary N) is 1. The molecule has 66 valence electrons. The number of nitrogens with zero attached hydrogens (tertiary/aromatic N) is 2. The van der Waals surface area contributed by atoms with Gasteiger partial charge in [0.15, 0.2) is 0 Å². The Labute approximate surface area is 81.3 Å². The average Bonchev–Trinajstić information content (AvgIpc) is 2.33. The highest BCUT2D eigenvalue weighted by Crippen LogP contribution is 2.10. The Hall–Kier alpha value is -1.00. The van der Waals surface area contributed by atoms with E-state index in [1.807, 2.05) is 12.1 Å². The molecule has 3 N–H and O–H groups in total. The number of anilines is 1. The van der Waals surface area contributed by atoms with Crippen molar-refractivity contribution in [3.8, 4) is 0 Å². The second-order valence-electron chi connectivity index (χ2n) is 2.09. The Bertz CT molecular complexity index is 359. The SMILES string of the molecule is Cl.Cl.Nc1ccc2[nH]nnc2c1. The lowest BCUT2D eigenvalue weighted by Gasteiger charge is -1.88. The fraction of sp³-hybridized carbons (Fsp3) is 0. The summed E-state index contributed by atoms with van der Waals surface area (Å²) >= 11 is 0. The third-order valence-electron chi connectivity index (χ3n) is 1.35. The first-order valence-electron chi connectivity index (χ1n) is 2.92. The monoisotopic (exact) mass is 206 g/mol. The van der Waals surface area contributed by atoms with Crippen molar-refractivity contribution in [2.45, 2.75) is 0 Å². The number of fused-ring (bicyclic) bond motifs is 1. The molecule has 0 saturated carbocycles. The van der Waals surface area contributed by atoms with Crippen LogP contribution in [0.1, 0.15) is 0 Å². The molecule has 2 aromatic rings. The molecule has 1 heterocycles. The zero-order chi connectivity index (χ0) is 6.97. The summed E-state index contributed by atoms with van der Waals surface area (Å²) in [6, 6.07) is 5.44. The van der Waals surface area contributed by atoms with Crippen LogP contribution in [0.15, 0.2) is 18.2 Å². The number of H-pyrrole nitrogens is 1. The lowest BCUT2D eigenvalue weighted by molar-refractivity contribution is 0.959. The fourth-order valence-electron chi connectivity index (χ4n) is 0.859. The summed E-state index contributed by atoms with van der Waals surface area (Å²) in [5.41, 5.74) is 7.93. The number of halogens is 2. The molecular weight excluding hydrogens is 199 g/mol. The van der Waals surface area contributed by atoms with Gasteiger partial charge in [0.2, 0.25) is 0 Å². The highest BCUT2D eigenvalue weighted by Gasteiger charge is 1.94. The molecule has 0 spiro atoms. The molecule has 0 unspecified atom stereocenters. The minimum atomic E-state index is 0. The fourth-order valence-corrected chi connectivity index (χ4v) is 0.859. The van der Waals surface area contributed by atoms with Crippen molar-refractivity contribution >= 4 is 41.5 Å². The van der Waals surface area contributed by atoms with Gasteiger partial charge in [-0.15, -0.1) is 29.9 Å². The van der Waals surface area contributed by atoms with E-state index in [9.17, 15) is 0 Å². The first-order valence-corrected chi connectivity index (χ1v) is 2.92. The molecule has 0 atom stereocenters. The zero-order valence-electron chi connectivity index (χ0n) is 6.02. The van der Waals surface area contributed by atoms with Gasteiger partial charge in [0.25, 0.3) is 0 Å². The van der Waals surface area contributed by atoms with Gasteiger partial charge in [0.05, 0.1) is 5.52 Å². The molecule has 0 radical (unpaired) electrons. The molecule has 2 rings (SSSR count). The van der Waals surface area contributed by atoms with E-state index in [2.05, 4.69) is 15.4 Å². The standard InChI is InChI=1S/C6H6N4.2ClH/c7-4-1-2-5-6(3-4)9-10-8-5;;/h1-3H,7H2,(H,8,9,10);2*1H. The van der Waals surface area contributed by atoms with Gasteiger partial charge in [-0.25, -0.2) is 0 Å². The molecular formula is C6H8Cl2N4. The highest BCUT2D eigenvalue weighted by molar-refractivity contribution is 5.85. The van der Waals surface area contributed by atoms with Gasteiger partial charge in [0.1, 0.15) is 5.52 Å². The second kappa shape index (κ2) is 4.13. The molecule has 0 aliphatic carbocycles. The number of benzene rings is 1. The number of hydrogen-bond donors (Lipinski definition) is 2. The summed E-state index contributed by atoms with van der Waals surface area (Å²) < 4.78 is 0. The summed E-state index contributed by atoms with van der Waals surface area (Å²) in [5.74, 6) is 0. The van der Waals surface area contributed by atoms with Gasteiger partial charge in [-0.1, -0.05) is 5.21 Å². The van der Waals surface area contributed by atoms with E-state index >= 15 is 0 Å². The smallest absolute Gasteiger partial charge is 0.114 e. The molecule has 0 bridgehead atoms. The van der Waals surface area contributed by atoms with Crippen LogP contribution in [0, 0.1) is 0 Å². The molecule has 12 heavy (non-hydrogen) atoms. The van der Waals surface area contributed by atoms with Gasteiger partial charge in [-0.3, -0.25) is 5.10 Å². The third-order valence-corrected chi connectivity index (χ3v) is 1.35. The quantitative estimate of drug-likeness (QED) is 0.641. The first-order chi connectivity index (χ1) is 4.86. The van der Waals surface area contributed by atoms with E-state index in [0.29, 0.717) is 5.69 Å². The Balaban J connectivity index is 0.000000605.